The first kappa shape index (κ1) is 50.6. The smallest absolute Gasteiger partial charge is 0.380 e. The molecule has 4 aliphatic rings. The van der Waals surface area contributed by atoms with Crippen molar-refractivity contribution in [3.05, 3.63) is 107 Å². The van der Waals surface area contributed by atoms with Gasteiger partial charge < -0.3 is 10.1 Å². The lowest BCUT2D eigenvalue weighted by Gasteiger charge is -2.44. The highest BCUT2D eigenvalue weighted by Crippen LogP contribution is 2.44. The summed E-state index contributed by atoms with van der Waals surface area (Å²) < 4.78 is 105. The Hall–Kier alpha value is -3.75. The van der Waals surface area contributed by atoms with E-state index in [9.17, 15) is 30.0 Å². The molecule has 1 aromatic heterocycles. The number of benzene rings is 3. The minimum atomic E-state index is -6.01. The van der Waals surface area contributed by atoms with E-state index in [1.54, 1.807) is 0 Å². The number of anilines is 2. The fraction of sp³-hybridized carbons (Fsp3) is 0.510. The highest BCUT2D eigenvalue weighted by molar-refractivity contribution is 7.99. The van der Waals surface area contributed by atoms with Crippen molar-refractivity contribution in [3.8, 4) is 0 Å². The molecule has 68 heavy (non-hydrogen) atoms. The van der Waals surface area contributed by atoms with Crippen LogP contribution in [0.2, 0.25) is 5.02 Å². The van der Waals surface area contributed by atoms with Gasteiger partial charge in [0, 0.05) is 85.2 Å². The van der Waals surface area contributed by atoms with Gasteiger partial charge in [-0.05, 0) is 111 Å². The Morgan fingerprint density at radius 3 is 2.43 bits per heavy atom. The van der Waals surface area contributed by atoms with Crippen molar-refractivity contribution in [1.82, 2.24) is 24.7 Å². The normalized spacial score (nSPS) is 21.6. The van der Waals surface area contributed by atoms with Crippen LogP contribution in [0.3, 0.4) is 0 Å². The van der Waals surface area contributed by atoms with E-state index < -0.39 is 41.2 Å². The molecule has 4 heterocycles. The van der Waals surface area contributed by atoms with Crippen LogP contribution in [0.5, 0.6) is 0 Å². The average molecular weight is 1020 g/mol. The second-order valence-corrected chi connectivity index (χ2v) is 24.3. The van der Waals surface area contributed by atoms with Crippen molar-refractivity contribution < 1.29 is 34.7 Å². The Labute approximate surface area is 408 Å². The lowest BCUT2D eigenvalue weighted by molar-refractivity contribution is -0.0435. The molecule has 3 aliphatic heterocycles. The number of nitrogens with zero attached hydrogens (tertiary/aromatic N) is 5. The topological polar surface area (TPSA) is 137 Å². The number of sulfonamides is 1. The van der Waals surface area contributed by atoms with E-state index in [4.69, 9.17) is 16.3 Å². The highest BCUT2D eigenvalue weighted by Gasteiger charge is 2.48. The first-order chi connectivity index (χ1) is 32.3. The largest absolute Gasteiger partial charge is 0.501 e. The van der Waals surface area contributed by atoms with E-state index in [0.29, 0.717) is 87.9 Å². The number of thioether (sulfide) groups is 1. The zero-order valence-corrected chi connectivity index (χ0v) is 42.0. The number of aromatic nitrogens is 2. The second-order valence-electron chi connectivity index (χ2n) is 19.2. The lowest BCUT2D eigenvalue weighted by atomic mass is 9.72. The molecule has 0 saturated carbocycles. The van der Waals surface area contributed by atoms with Gasteiger partial charge >= 0.3 is 5.51 Å². The van der Waals surface area contributed by atoms with Crippen molar-refractivity contribution >= 4 is 60.3 Å². The highest BCUT2D eigenvalue weighted by atomic mass is 35.5. The van der Waals surface area contributed by atoms with Crippen molar-refractivity contribution in [1.29, 1.82) is 0 Å². The van der Waals surface area contributed by atoms with Crippen LogP contribution < -0.4 is 10.0 Å². The number of morpholine rings is 1. The quantitative estimate of drug-likeness (QED) is 0.104. The Bertz CT molecular complexity index is 2650. The number of allylic oxidation sites excluding steroid dienone is 1. The molecule has 0 radical (unpaired) electrons. The monoisotopic (exact) mass is 1020 g/mol. The number of likely N-dealkylation sites (tertiary alicyclic amines) is 1. The van der Waals surface area contributed by atoms with Gasteiger partial charge in [-0.15, -0.1) is 11.8 Å². The van der Waals surface area contributed by atoms with Crippen molar-refractivity contribution in [2.24, 2.45) is 5.41 Å². The van der Waals surface area contributed by atoms with Gasteiger partial charge in [0.05, 0.1) is 29.5 Å². The zero-order valence-electron chi connectivity index (χ0n) is 38.8. The summed E-state index contributed by atoms with van der Waals surface area (Å²) in [7, 11) is -10.6. The van der Waals surface area contributed by atoms with Gasteiger partial charge in [-0.3, -0.25) is 19.4 Å². The van der Waals surface area contributed by atoms with Crippen LogP contribution in [-0.2, 0) is 37.6 Å². The molecule has 0 spiro atoms. The van der Waals surface area contributed by atoms with Crippen LogP contribution in [0.4, 0.5) is 24.7 Å². The Balaban J connectivity index is 0.961. The summed E-state index contributed by atoms with van der Waals surface area (Å²) in [6.45, 7) is 13.1. The molecular formula is C49H61ClF3N7O5S3. The van der Waals surface area contributed by atoms with Crippen LogP contribution in [-0.4, -0.2) is 123 Å². The number of hydrogen-bond acceptors (Lipinski definition) is 12. The van der Waals surface area contributed by atoms with Crippen LogP contribution in [0.15, 0.2) is 99.4 Å². The fourth-order valence-corrected chi connectivity index (χ4v) is 13.1. The fourth-order valence-electron chi connectivity index (χ4n) is 9.86. The first-order valence-electron chi connectivity index (χ1n) is 23.4. The van der Waals surface area contributed by atoms with Gasteiger partial charge in [0.1, 0.15) is 17.0 Å². The zero-order chi connectivity index (χ0) is 48.3. The molecule has 2 N–H and O–H groups in total. The third kappa shape index (κ3) is 12.2. The van der Waals surface area contributed by atoms with E-state index in [2.05, 4.69) is 67.6 Å². The summed E-state index contributed by atoms with van der Waals surface area (Å²) in [6.07, 6.45) is 7.36. The number of sulfone groups is 1. The van der Waals surface area contributed by atoms with Gasteiger partial charge in [0.2, 0.25) is 0 Å². The molecule has 0 amide bonds. The number of rotatable bonds is 16. The molecule has 12 nitrogen and oxygen atoms in total. The summed E-state index contributed by atoms with van der Waals surface area (Å²) in [6, 6.07) is 20.6. The van der Waals surface area contributed by atoms with E-state index in [-0.39, 0.29) is 23.0 Å². The van der Waals surface area contributed by atoms with Crippen LogP contribution in [0, 0.1) is 5.41 Å². The van der Waals surface area contributed by atoms with E-state index in [1.807, 2.05) is 42.5 Å². The number of ether oxygens (including phenoxy) is 1. The molecule has 8 rings (SSSR count). The van der Waals surface area contributed by atoms with E-state index >= 15 is 0 Å². The summed E-state index contributed by atoms with van der Waals surface area (Å²) in [5, 5.41) is 3.80. The maximum Gasteiger partial charge on any atom is 0.501 e. The standard InChI is InChI=1S/C49H61ClF3N7O5S3/c1-34-27-39(17-21-59(34)30-36-15-19-48(2,3)29-43(36)35-9-11-37(50)12-10-35)60-22-18-42-45(31-60)54-33-55-47(42)57-68(63,64)41-13-14-44(46(28-41)67(61,62)49(51,52)53)56-38(16-20-58-23-25-65-26-24-58)32-66-40-7-5-4-6-8-40/h4-14,28,33-34,38-39,56H,15-27,29-32H2,1-3H3,(H,54,55,57). The summed E-state index contributed by atoms with van der Waals surface area (Å²) in [5.41, 5.74) is -0.364. The lowest BCUT2D eigenvalue weighted by Crippen LogP contribution is -2.50. The third-order valence-corrected chi connectivity index (χ3v) is 18.1. The minimum absolute atomic E-state index is 0.0156. The van der Waals surface area contributed by atoms with Gasteiger partial charge in [0.25, 0.3) is 19.9 Å². The van der Waals surface area contributed by atoms with Gasteiger partial charge in [0.15, 0.2) is 0 Å². The van der Waals surface area contributed by atoms with Crippen molar-refractivity contribution in [2.45, 2.75) is 111 Å². The Kier molecular flexibility index (Phi) is 15.9. The maximum atomic E-state index is 14.3. The molecule has 3 atom stereocenters. The van der Waals surface area contributed by atoms with Crippen LogP contribution in [0.25, 0.3) is 5.57 Å². The van der Waals surface area contributed by atoms with E-state index in [0.717, 1.165) is 67.2 Å². The SMILES string of the molecule is CC1CC(N2CCc3c(ncnc3NS(=O)(=O)c3ccc(NC(CCN4CCOCC4)CSc4ccccc4)c(S(=O)(=O)C(F)(F)F)c3)C2)CCN1CC1=C(c2ccc(Cl)cc2)CC(C)(C)CC1. The van der Waals surface area contributed by atoms with Crippen molar-refractivity contribution in [2.75, 3.05) is 68.3 Å². The second kappa shape index (κ2) is 21.3. The molecule has 368 valence electrons. The van der Waals surface area contributed by atoms with Gasteiger partial charge in [-0.2, -0.15) is 13.2 Å². The molecule has 3 aromatic carbocycles. The first-order valence-corrected chi connectivity index (χ1v) is 27.7. The van der Waals surface area contributed by atoms with Crippen molar-refractivity contribution in [3.63, 3.8) is 0 Å². The molecule has 3 unspecified atom stereocenters. The number of piperidine rings is 1. The van der Waals surface area contributed by atoms with Crippen LogP contribution >= 0.6 is 23.4 Å². The summed E-state index contributed by atoms with van der Waals surface area (Å²) in [4.78, 5) is 15.1. The predicted molar refractivity (Wildman–Crippen MR) is 263 cm³/mol. The molecule has 2 saturated heterocycles. The molecule has 1 aliphatic carbocycles. The van der Waals surface area contributed by atoms with Crippen LogP contribution in [0.1, 0.15) is 76.1 Å². The Morgan fingerprint density at radius 2 is 1.71 bits per heavy atom. The summed E-state index contributed by atoms with van der Waals surface area (Å²) in [5.74, 6) is 0.418. The van der Waals surface area contributed by atoms with E-state index in [1.165, 1.54) is 34.8 Å². The number of hydrogen-bond donors (Lipinski definition) is 2. The van der Waals surface area contributed by atoms with Gasteiger partial charge in [-0.1, -0.05) is 61.4 Å². The molecule has 2 fully saturated rings. The number of fused-ring (bicyclic) bond motifs is 1. The molecule has 4 aromatic rings. The average Bonchev–Trinajstić information content (AvgIpc) is 3.31. The number of nitrogens with one attached hydrogen (secondary N) is 2. The molecule has 0 bridgehead atoms. The number of halogens is 4. The maximum absolute atomic E-state index is 14.3. The third-order valence-electron chi connectivity index (χ3n) is 13.9. The molecular weight excluding hydrogens is 955 g/mol. The minimum Gasteiger partial charge on any atom is -0.380 e. The summed E-state index contributed by atoms with van der Waals surface area (Å²) >= 11 is 7.73. The van der Waals surface area contributed by atoms with Gasteiger partial charge in [-0.25, -0.2) is 26.8 Å². The number of alkyl halides is 3. The molecule has 19 heteroatoms. The Morgan fingerprint density at radius 1 is 0.956 bits per heavy atom. The predicted octanol–water partition coefficient (Wildman–Crippen LogP) is 9.39.